The van der Waals surface area contributed by atoms with Gasteiger partial charge in [0.1, 0.15) is 11.7 Å². The molecule has 8 nitrogen and oxygen atoms in total. The van der Waals surface area contributed by atoms with Crippen molar-refractivity contribution < 1.29 is 34.8 Å². The molecule has 0 radical (unpaired) electrons. The second-order valence-corrected chi connectivity index (χ2v) is 7.47. The molecule has 1 aromatic carbocycles. The number of amides is 1. The Kier molecular flexibility index (Phi) is 5.90. The smallest absolute Gasteiger partial charge is 0.331 e. The molecule has 1 saturated carbocycles. The van der Waals surface area contributed by atoms with E-state index in [4.69, 9.17) is 4.74 Å². The van der Waals surface area contributed by atoms with Gasteiger partial charge in [-0.15, -0.1) is 0 Å². The molecule has 152 valence electrons. The number of nitrogens with zero attached hydrogens (tertiary/aromatic N) is 1. The van der Waals surface area contributed by atoms with Crippen LogP contribution in [-0.4, -0.2) is 68.1 Å². The van der Waals surface area contributed by atoms with Gasteiger partial charge in [-0.25, -0.2) is 4.79 Å². The Labute approximate surface area is 162 Å². The average Bonchev–Trinajstić information content (AvgIpc) is 3.16. The molecule has 1 saturated heterocycles. The second kappa shape index (κ2) is 8.20. The summed E-state index contributed by atoms with van der Waals surface area (Å²) in [6, 6.07) is 4.09. The molecule has 2 unspecified atom stereocenters. The summed E-state index contributed by atoms with van der Waals surface area (Å²) in [6.07, 6.45) is 2.62. The molecule has 0 aromatic heterocycles. The van der Waals surface area contributed by atoms with Crippen LogP contribution in [0, 0.1) is 0 Å². The second-order valence-electron chi connectivity index (χ2n) is 7.47. The molecule has 3 atom stereocenters. The Hall–Kier alpha value is -2.58. The summed E-state index contributed by atoms with van der Waals surface area (Å²) in [5, 5.41) is 39.7. The normalized spacial score (nSPS) is 27.9. The van der Waals surface area contributed by atoms with E-state index in [0.717, 1.165) is 18.9 Å². The van der Waals surface area contributed by atoms with Crippen molar-refractivity contribution in [2.75, 3.05) is 13.1 Å². The monoisotopic (exact) mass is 391 g/mol. The van der Waals surface area contributed by atoms with Gasteiger partial charge in [0.05, 0.1) is 6.10 Å². The molecular weight excluding hydrogens is 366 g/mol. The Morgan fingerprint density at radius 1 is 1.14 bits per heavy atom. The highest BCUT2D eigenvalue weighted by molar-refractivity contribution is 5.88. The predicted octanol–water partition coefficient (Wildman–Crippen LogP) is 0.921. The Balaban J connectivity index is 1.62. The van der Waals surface area contributed by atoms with E-state index in [-0.39, 0.29) is 30.8 Å². The first-order valence-electron chi connectivity index (χ1n) is 9.37. The fourth-order valence-corrected chi connectivity index (χ4v) is 3.81. The predicted molar refractivity (Wildman–Crippen MR) is 99.3 cm³/mol. The van der Waals surface area contributed by atoms with E-state index in [1.807, 2.05) is 0 Å². The lowest BCUT2D eigenvalue weighted by Crippen LogP contribution is -2.55. The molecule has 1 aliphatic carbocycles. The highest BCUT2D eigenvalue weighted by atomic mass is 16.5. The maximum atomic E-state index is 12.6. The van der Waals surface area contributed by atoms with Gasteiger partial charge in [0, 0.05) is 38.4 Å². The first-order chi connectivity index (χ1) is 13.3. The van der Waals surface area contributed by atoms with Crippen molar-refractivity contribution in [2.45, 2.75) is 49.9 Å². The number of rotatable bonds is 4. The van der Waals surface area contributed by atoms with Crippen molar-refractivity contribution in [3.8, 4) is 11.5 Å². The van der Waals surface area contributed by atoms with E-state index in [9.17, 15) is 30.0 Å². The van der Waals surface area contributed by atoms with Gasteiger partial charge in [-0.1, -0.05) is 6.07 Å². The summed E-state index contributed by atoms with van der Waals surface area (Å²) >= 11 is 0. The lowest BCUT2D eigenvalue weighted by molar-refractivity contribution is -0.172. The molecular formula is C20H25NO7. The third-order valence-electron chi connectivity index (χ3n) is 5.16. The molecule has 1 aromatic rings. The lowest BCUT2D eigenvalue weighted by atomic mass is 9.80. The summed E-state index contributed by atoms with van der Waals surface area (Å²) in [6.45, 7) is 1.17. The van der Waals surface area contributed by atoms with Gasteiger partial charge in [0.2, 0.25) is 0 Å². The van der Waals surface area contributed by atoms with Crippen molar-refractivity contribution in [1.82, 2.24) is 4.90 Å². The van der Waals surface area contributed by atoms with Crippen LogP contribution in [0.4, 0.5) is 0 Å². The molecule has 1 amide bonds. The van der Waals surface area contributed by atoms with Crippen LogP contribution in [0.15, 0.2) is 24.3 Å². The molecule has 28 heavy (non-hydrogen) atoms. The highest BCUT2D eigenvalue weighted by Crippen LogP contribution is 2.33. The minimum absolute atomic E-state index is 0.0566. The number of carbonyl (C=O) groups is 2. The summed E-state index contributed by atoms with van der Waals surface area (Å²) < 4.78 is 5.32. The fourth-order valence-electron chi connectivity index (χ4n) is 3.81. The Morgan fingerprint density at radius 3 is 2.54 bits per heavy atom. The van der Waals surface area contributed by atoms with Crippen molar-refractivity contribution >= 4 is 18.0 Å². The topological polar surface area (TPSA) is 128 Å². The van der Waals surface area contributed by atoms with Crippen LogP contribution in [0.1, 0.15) is 37.7 Å². The highest BCUT2D eigenvalue weighted by Gasteiger charge is 2.47. The summed E-state index contributed by atoms with van der Waals surface area (Å²) in [5.41, 5.74) is -1.25. The number of phenols is 2. The standard InChI is InChI=1S/C20H25NO7/c22-14-10-15(12-20(27,11-14)19(26)21-7-1-2-8-21)28-18(25)6-4-13-3-5-16(23)17(24)9-13/h3-6,9,14-15,22-24,27H,1-2,7-8,10-12H2/b6-4+/t14?,15-,20?/m0/s1. The Bertz CT molecular complexity index is 772. The SMILES string of the molecule is O=C(/C=C/c1ccc(O)c(O)c1)O[C@H]1CC(O)CC(O)(C(=O)N2CCCC2)C1. The number of phenolic OH excluding ortho intramolecular Hbond substituents is 2. The van der Waals surface area contributed by atoms with Gasteiger partial charge in [0.15, 0.2) is 11.5 Å². The first-order valence-corrected chi connectivity index (χ1v) is 9.37. The minimum Gasteiger partial charge on any atom is -0.504 e. The number of esters is 1. The molecule has 2 aliphatic rings. The number of likely N-dealkylation sites (tertiary alicyclic amines) is 1. The molecule has 3 rings (SSSR count). The maximum Gasteiger partial charge on any atom is 0.331 e. The minimum atomic E-state index is -1.74. The van der Waals surface area contributed by atoms with Crippen LogP contribution in [0.3, 0.4) is 0 Å². The average molecular weight is 391 g/mol. The Morgan fingerprint density at radius 2 is 1.86 bits per heavy atom. The van der Waals surface area contributed by atoms with Crippen LogP contribution >= 0.6 is 0 Å². The van der Waals surface area contributed by atoms with Gasteiger partial charge in [-0.2, -0.15) is 0 Å². The van der Waals surface area contributed by atoms with Gasteiger partial charge >= 0.3 is 5.97 Å². The van der Waals surface area contributed by atoms with Gasteiger partial charge < -0.3 is 30.1 Å². The maximum absolute atomic E-state index is 12.6. The molecule has 2 fully saturated rings. The molecule has 0 bridgehead atoms. The van der Waals surface area contributed by atoms with E-state index in [2.05, 4.69) is 0 Å². The van der Waals surface area contributed by atoms with Crippen molar-refractivity contribution in [3.05, 3.63) is 29.8 Å². The third kappa shape index (κ3) is 4.63. The summed E-state index contributed by atoms with van der Waals surface area (Å²) in [4.78, 5) is 26.3. The number of ether oxygens (including phenoxy) is 1. The number of hydrogen-bond acceptors (Lipinski definition) is 7. The van der Waals surface area contributed by atoms with Crippen molar-refractivity contribution in [2.24, 2.45) is 0 Å². The van der Waals surface area contributed by atoms with Crippen LogP contribution in [0.2, 0.25) is 0 Å². The summed E-state index contributed by atoms with van der Waals surface area (Å²) in [7, 11) is 0. The van der Waals surface area contributed by atoms with E-state index in [1.165, 1.54) is 24.3 Å². The zero-order chi connectivity index (χ0) is 20.3. The van der Waals surface area contributed by atoms with Gasteiger partial charge in [-0.05, 0) is 36.6 Å². The number of aliphatic hydroxyl groups is 2. The lowest BCUT2D eigenvalue weighted by Gasteiger charge is -2.39. The number of carbonyl (C=O) groups excluding carboxylic acids is 2. The van der Waals surface area contributed by atoms with Crippen molar-refractivity contribution in [1.29, 1.82) is 0 Å². The molecule has 1 heterocycles. The van der Waals surface area contributed by atoms with E-state index in [0.29, 0.717) is 18.7 Å². The largest absolute Gasteiger partial charge is 0.504 e. The third-order valence-corrected chi connectivity index (χ3v) is 5.16. The van der Waals surface area contributed by atoms with Crippen LogP contribution in [0.5, 0.6) is 11.5 Å². The van der Waals surface area contributed by atoms with E-state index >= 15 is 0 Å². The molecule has 4 N–H and O–H groups in total. The fraction of sp³-hybridized carbons (Fsp3) is 0.500. The van der Waals surface area contributed by atoms with Gasteiger partial charge in [0.25, 0.3) is 5.91 Å². The van der Waals surface area contributed by atoms with Gasteiger partial charge in [-0.3, -0.25) is 4.79 Å². The van der Waals surface area contributed by atoms with Crippen LogP contribution < -0.4 is 0 Å². The van der Waals surface area contributed by atoms with Crippen molar-refractivity contribution in [3.63, 3.8) is 0 Å². The number of aromatic hydroxyl groups is 2. The number of benzene rings is 1. The molecule has 8 heteroatoms. The van der Waals surface area contributed by atoms with E-state index < -0.39 is 29.7 Å². The van der Waals surface area contributed by atoms with Crippen LogP contribution in [-0.2, 0) is 14.3 Å². The molecule has 1 aliphatic heterocycles. The number of aliphatic hydroxyl groups excluding tert-OH is 1. The van der Waals surface area contributed by atoms with Crippen LogP contribution in [0.25, 0.3) is 6.08 Å². The first kappa shape index (κ1) is 20.2. The summed E-state index contributed by atoms with van der Waals surface area (Å²) in [5.74, 6) is -1.68. The van der Waals surface area contributed by atoms with E-state index in [1.54, 1.807) is 4.90 Å². The zero-order valence-corrected chi connectivity index (χ0v) is 15.5. The zero-order valence-electron chi connectivity index (χ0n) is 15.5. The molecule has 0 spiro atoms. The number of hydrogen-bond donors (Lipinski definition) is 4. The quantitative estimate of drug-likeness (QED) is 0.341.